The number of carbonyl (C=O) groups is 3. The molecule has 1 atom stereocenters. The molecule has 0 saturated carbocycles. The minimum atomic E-state index is -0.601. The van der Waals surface area contributed by atoms with Crippen LogP contribution in [0.3, 0.4) is 0 Å². The van der Waals surface area contributed by atoms with Crippen LogP contribution in [-0.4, -0.2) is 47.4 Å². The fourth-order valence-electron chi connectivity index (χ4n) is 1.95. The summed E-state index contributed by atoms with van der Waals surface area (Å²) in [5.74, 6) is -0.279. The summed E-state index contributed by atoms with van der Waals surface area (Å²) in [6.07, 6.45) is 0.738. The van der Waals surface area contributed by atoms with Crippen molar-refractivity contribution < 1.29 is 19.1 Å². The van der Waals surface area contributed by atoms with Crippen molar-refractivity contribution in [3.8, 4) is 0 Å². The zero-order valence-corrected chi connectivity index (χ0v) is 12.0. The summed E-state index contributed by atoms with van der Waals surface area (Å²) in [5.41, 5.74) is -0.596. The van der Waals surface area contributed by atoms with Gasteiger partial charge in [-0.05, 0) is 40.5 Å². The highest BCUT2D eigenvalue weighted by molar-refractivity contribution is 5.90. The summed E-state index contributed by atoms with van der Waals surface area (Å²) >= 11 is 0. The van der Waals surface area contributed by atoms with Crippen LogP contribution in [0, 0.1) is 0 Å². The van der Waals surface area contributed by atoms with Crippen LogP contribution in [0.5, 0.6) is 0 Å². The fourth-order valence-corrected chi connectivity index (χ4v) is 1.95. The topological polar surface area (TPSA) is 75.7 Å². The second-order valence-corrected chi connectivity index (χ2v) is 5.80. The molecule has 0 unspecified atom stereocenters. The van der Waals surface area contributed by atoms with E-state index in [0.717, 1.165) is 6.42 Å². The molecule has 108 valence electrons. The molecule has 0 spiro atoms. The van der Waals surface area contributed by atoms with Gasteiger partial charge >= 0.3 is 6.09 Å². The van der Waals surface area contributed by atoms with Crippen LogP contribution in [0.2, 0.25) is 0 Å². The molecule has 1 aliphatic heterocycles. The second-order valence-electron chi connectivity index (χ2n) is 5.80. The zero-order chi connectivity index (χ0) is 14.6. The maximum Gasteiger partial charge on any atom is 0.408 e. The van der Waals surface area contributed by atoms with Gasteiger partial charge in [-0.25, -0.2) is 4.79 Å². The third kappa shape index (κ3) is 5.28. The van der Waals surface area contributed by atoms with Gasteiger partial charge < -0.3 is 15.0 Å². The molecule has 1 aliphatic rings. The molecule has 0 aromatic carbocycles. The van der Waals surface area contributed by atoms with Crippen LogP contribution in [0.15, 0.2) is 0 Å². The van der Waals surface area contributed by atoms with E-state index in [0.29, 0.717) is 13.0 Å². The van der Waals surface area contributed by atoms with E-state index in [1.54, 1.807) is 20.8 Å². The minimum Gasteiger partial charge on any atom is -0.444 e. The molecule has 0 radical (unpaired) electrons. The number of rotatable bonds is 3. The number of nitrogens with zero attached hydrogens (tertiary/aromatic N) is 1. The molecule has 1 rings (SSSR count). The summed E-state index contributed by atoms with van der Waals surface area (Å²) in [5, 5.41) is 2.56. The van der Waals surface area contributed by atoms with Gasteiger partial charge in [-0.1, -0.05) is 0 Å². The Bertz CT molecular complexity index is 373. The molecule has 0 bridgehead atoms. The monoisotopic (exact) mass is 270 g/mol. The Morgan fingerprint density at radius 1 is 1.42 bits per heavy atom. The van der Waals surface area contributed by atoms with Crippen LogP contribution in [0.1, 0.15) is 40.5 Å². The molecule has 1 fully saturated rings. The van der Waals surface area contributed by atoms with Crippen LogP contribution in [0.4, 0.5) is 4.79 Å². The Morgan fingerprint density at radius 2 is 2.05 bits per heavy atom. The van der Waals surface area contributed by atoms with E-state index < -0.39 is 17.7 Å². The van der Waals surface area contributed by atoms with E-state index in [1.165, 1.54) is 11.8 Å². The quantitative estimate of drug-likeness (QED) is 0.833. The normalized spacial score (nSPS) is 20.1. The van der Waals surface area contributed by atoms with Crippen molar-refractivity contribution in [3.63, 3.8) is 0 Å². The average Bonchev–Trinajstić information content (AvgIpc) is 2.20. The first-order chi connectivity index (χ1) is 8.69. The SMILES string of the molecule is CC(=O)CN1CCC[C@H](NC(=O)OC(C)(C)C)C1=O. The first kappa shape index (κ1) is 15.5. The van der Waals surface area contributed by atoms with Crippen molar-refractivity contribution in [1.29, 1.82) is 0 Å². The first-order valence-electron chi connectivity index (χ1n) is 6.47. The highest BCUT2D eigenvalue weighted by atomic mass is 16.6. The molecule has 0 aromatic rings. The minimum absolute atomic E-state index is 0.0636. The lowest BCUT2D eigenvalue weighted by molar-refractivity contribution is -0.139. The van der Waals surface area contributed by atoms with E-state index >= 15 is 0 Å². The summed E-state index contributed by atoms with van der Waals surface area (Å²) in [4.78, 5) is 36.2. The second kappa shape index (κ2) is 6.04. The summed E-state index contributed by atoms with van der Waals surface area (Å²) in [7, 11) is 0. The molecule has 2 amide bonds. The first-order valence-corrected chi connectivity index (χ1v) is 6.47. The van der Waals surface area contributed by atoms with E-state index in [1.807, 2.05) is 0 Å². The maximum absolute atomic E-state index is 12.1. The Labute approximate surface area is 113 Å². The lowest BCUT2D eigenvalue weighted by Gasteiger charge is -2.32. The number of ketones is 1. The number of alkyl carbamates (subject to hydrolysis) is 1. The molecule has 1 saturated heterocycles. The summed E-state index contributed by atoms with van der Waals surface area (Å²) in [6, 6.07) is -0.594. The largest absolute Gasteiger partial charge is 0.444 e. The number of piperidine rings is 1. The van der Waals surface area contributed by atoms with Crippen molar-refractivity contribution >= 4 is 17.8 Å². The highest BCUT2D eigenvalue weighted by Gasteiger charge is 2.31. The Hall–Kier alpha value is -1.59. The number of likely N-dealkylation sites (tertiary alicyclic amines) is 1. The number of hydrogen-bond acceptors (Lipinski definition) is 4. The molecular formula is C13H22N2O4. The molecule has 19 heavy (non-hydrogen) atoms. The molecule has 6 heteroatoms. The number of carbonyl (C=O) groups excluding carboxylic acids is 3. The summed E-state index contributed by atoms with van der Waals surface area (Å²) in [6.45, 7) is 7.39. The number of Topliss-reactive ketones (excluding diaryl/α,β-unsaturated/α-hetero) is 1. The molecule has 0 aliphatic carbocycles. The predicted octanol–water partition coefficient (Wildman–Crippen LogP) is 1.09. The van der Waals surface area contributed by atoms with E-state index in [-0.39, 0.29) is 18.2 Å². The van der Waals surface area contributed by atoms with Gasteiger partial charge in [-0.2, -0.15) is 0 Å². The fraction of sp³-hybridized carbons (Fsp3) is 0.769. The molecule has 1 N–H and O–H groups in total. The summed E-state index contributed by atoms with van der Waals surface area (Å²) < 4.78 is 5.12. The Balaban J connectivity index is 2.56. The third-order valence-corrected chi connectivity index (χ3v) is 2.64. The molecule has 1 heterocycles. The van der Waals surface area contributed by atoms with Crippen LogP contribution < -0.4 is 5.32 Å². The number of ether oxygens (including phenoxy) is 1. The van der Waals surface area contributed by atoms with Crippen molar-refractivity contribution in [2.45, 2.75) is 52.2 Å². The van der Waals surface area contributed by atoms with Gasteiger partial charge in [0.25, 0.3) is 0 Å². The van der Waals surface area contributed by atoms with Gasteiger partial charge in [0.15, 0.2) is 0 Å². The van der Waals surface area contributed by atoms with Crippen LogP contribution in [0.25, 0.3) is 0 Å². The van der Waals surface area contributed by atoms with Crippen molar-refractivity contribution in [2.24, 2.45) is 0 Å². The van der Waals surface area contributed by atoms with E-state index in [9.17, 15) is 14.4 Å². The van der Waals surface area contributed by atoms with Gasteiger partial charge in [0, 0.05) is 6.54 Å². The van der Waals surface area contributed by atoms with Gasteiger partial charge in [-0.15, -0.1) is 0 Å². The van der Waals surface area contributed by atoms with E-state index in [2.05, 4.69) is 5.32 Å². The molecular weight excluding hydrogens is 248 g/mol. The molecule has 0 aromatic heterocycles. The van der Waals surface area contributed by atoms with E-state index in [4.69, 9.17) is 4.74 Å². The zero-order valence-electron chi connectivity index (χ0n) is 12.0. The van der Waals surface area contributed by atoms with Gasteiger partial charge in [0.05, 0.1) is 6.54 Å². The van der Waals surface area contributed by atoms with Crippen molar-refractivity contribution in [2.75, 3.05) is 13.1 Å². The third-order valence-electron chi connectivity index (χ3n) is 2.64. The standard InChI is InChI=1S/C13H22N2O4/c1-9(16)8-15-7-5-6-10(11(15)17)14-12(18)19-13(2,3)4/h10H,5-8H2,1-4H3,(H,14,18)/t10-/m0/s1. The number of nitrogens with one attached hydrogen (secondary N) is 1. The number of amides is 2. The van der Waals surface area contributed by atoms with Crippen LogP contribution in [-0.2, 0) is 14.3 Å². The smallest absolute Gasteiger partial charge is 0.408 e. The lowest BCUT2D eigenvalue weighted by Crippen LogP contribution is -2.53. The number of hydrogen-bond donors (Lipinski definition) is 1. The van der Waals surface area contributed by atoms with Crippen LogP contribution >= 0.6 is 0 Å². The lowest BCUT2D eigenvalue weighted by atomic mass is 10.0. The predicted molar refractivity (Wildman–Crippen MR) is 69.7 cm³/mol. The van der Waals surface area contributed by atoms with Gasteiger partial charge in [-0.3, -0.25) is 9.59 Å². The maximum atomic E-state index is 12.1. The molecule has 6 nitrogen and oxygen atoms in total. The Kier molecular flexibility index (Phi) is 4.91. The highest BCUT2D eigenvalue weighted by Crippen LogP contribution is 2.13. The van der Waals surface area contributed by atoms with Gasteiger partial charge in [0.2, 0.25) is 5.91 Å². The van der Waals surface area contributed by atoms with Crippen molar-refractivity contribution in [1.82, 2.24) is 10.2 Å². The van der Waals surface area contributed by atoms with Crippen molar-refractivity contribution in [3.05, 3.63) is 0 Å². The van der Waals surface area contributed by atoms with Gasteiger partial charge in [0.1, 0.15) is 17.4 Å². The average molecular weight is 270 g/mol. The Morgan fingerprint density at radius 3 is 2.58 bits per heavy atom.